The molecule has 8 nitrogen and oxygen atoms in total. The van der Waals surface area contributed by atoms with E-state index in [0.29, 0.717) is 17.9 Å². The number of hydrazine groups is 1. The number of nitrogens with one attached hydrogen (secondary N) is 3. The highest BCUT2D eigenvalue weighted by Gasteiger charge is 2.15. The van der Waals surface area contributed by atoms with Gasteiger partial charge in [-0.1, -0.05) is 13.8 Å². The van der Waals surface area contributed by atoms with Crippen molar-refractivity contribution < 1.29 is 14.3 Å². The summed E-state index contributed by atoms with van der Waals surface area (Å²) < 4.78 is 5.09. The van der Waals surface area contributed by atoms with Crippen LogP contribution in [0.5, 0.6) is 0 Å². The lowest BCUT2D eigenvalue weighted by molar-refractivity contribution is 0.0540. The van der Waals surface area contributed by atoms with E-state index >= 15 is 0 Å². The third-order valence-electron chi connectivity index (χ3n) is 3.33. The number of nitrogens with zero attached hydrogens (tertiary/aromatic N) is 2. The molecule has 0 saturated heterocycles. The van der Waals surface area contributed by atoms with Crippen molar-refractivity contribution in [3.63, 3.8) is 0 Å². The average Bonchev–Trinajstić information content (AvgIpc) is 2.55. The summed E-state index contributed by atoms with van der Waals surface area (Å²) in [7, 11) is 0. The standard InChI is InChI=1S/C17H29N5O3/c1-6-22(7-2)11-10-18-15(23)13-8-9-14(19-12-13)20-21-16(24)25-17(3,4)5/h8-9,12H,6-7,10-11H2,1-5H3,(H,18,23)(H,19,20)(H,21,24). The molecule has 0 fully saturated rings. The van der Waals surface area contributed by atoms with Gasteiger partial charge in [-0.05, 0) is 46.0 Å². The summed E-state index contributed by atoms with van der Waals surface area (Å²) in [5, 5.41) is 2.86. The van der Waals surface area contributed by atoms with E-state index < -0.39 is 11.7 Å². The van der Waals surface area contributed by atoms with Crippen molar-refractivity contribution in [2.75, 3.05) is 31.6 Å². The Kier molecular flexibility index (Phi) is 8.13. The molecule has 1 aromatic heterocycles. The van der Waals surface area contributed by atoms with Crippen LogP contribution in [0, 0.1) is 0 Å². The van der Waals surface area contributed by atoms with Crippen molar-refractivity contribution in [2.24, 2.45) is 0 Å². The molecule has 3 N–H and O–H groups in total. The first-order valence-corrected chi connectivity index (χ1v) is 8.46. The van der Waals surface area contributed by atoms with Gasteiger partial charge in [0.05, 0.1) is 5.56 Å². The zero-order valence-electron chi connectivity index (χ0n) is 15.7. The summed E-state index contributed by atoms with van der Waals surface area (Å²) in [5.74, 6) is 0.233. The van der Waals surface area contributed by atoms with Crippen molar-refractivity contribution in [3.05, 3.63) is 23.9 Å². The minimum Gasteiger partial charge on any atom is -0.443 e. The molecule has 0 spiro atoms. The first-order chi connectivity index (χ1) is 11.7. The maximum absolute atomic E-state index is 12.1. The van der Waals surface area contributed by atoms with Crippen LogP contribution in [0.25, 0.3) is 0 Å². The van der Waals surface area contributed by atoms with Gasteiger partial charge in [-0.15, -0.1) is 0 Å². The molecule has 0 aliphatic heterocycles. The molecule has 0 radical (unpaired) electrons. The van der Waals surface area contributed by atoms with E-state index in [0.717, 1.165) is 19.6 Å². The molecule has 1 aromatic rings. The number of ether oxygens (including phenoxy) is 1. The Morgan fingerprint density at radius 1 is 1.20 bits per heavy atom. The smallest absolute Gasteiger partial charge is 0.426 e. The minimum absolute atomic E-state index is 0.175. The van der Waals surface area contributed by atoms with Crippen LogP contribution in [0.15, 0.2) is 18.3 Å². The molecule has 1 rings (SSSR count). The average molecular weight is 351 g/mol. The van der Waals surface area contributed by atoms with Gasteiger partial charge in [-0.2, -0.15) is 0 Å². The molecule has 8 heteroatoms. The van der Waals surface area contributed by atoms with Gasteiger partial charge in [0.1, 0.15) is 11.4 Å². The summed E-state index contributed by atoms with van der Waals surface area (Å²) in [6, 6.07) is 3.25. The summed E-state index contributed by atoms with van der Waals surface area (Å²) >= 11 is 0. The fourth-order valence-electron chi connectivity index (χ4n) is 1.99. The number of carbonyl (C=O) groups is 2. The van der Waals surface area contributed by atoms with Gasteiger partial charge >= 0.3 is 6.09 Å². The van der Waals surface area contributed by atoms with E-state index in [1.54, 1.807) is 32.9 Å². The van der Waals surface area contributed by atoms with Crippen molar-refractivity contribution >= 4 is 17.8 Å². The number of hydrogen-bond acceptors (Lipinski definition) is 6. The quantitative estimate of drug-likeness (QED) is 0.620. The fraction of sp³-hybridized carbons (Fsp3) is 0.588. The molecule has 0 atom stereocenters. The molecule has 0 aliphatic carbocycles. The lowest BCUT2D eigenvalue weighted by atomic mass is 10.2. The molecule has 0 saturated carbocycles. The van der Waals surface area contributed by atoms with Gasteiger partial charge in [0.15, 0.2) is 0 Å². The number of amides is 2. The number of carbonyl (C=O) groups excluding carboxylic acids is 2. The molecule has 25 heavy (non-hydrogen) atoms. The number of likely N-dealkylation sites (N-methyl/N-ethyl adjacent to an activating group) is 1. The van der Waals surface area contributed by atoms with E-state index in [9.17, 15) is 9.59 Å². The third-order valence-corrected chi connectivity index (χ3v) is 3.33. The molecule has 0 aromatic carbocycles. The molecule has 1 heterocycles. The summed E-state index contributed by atoms with van der Waals surface area (Å²) in [5.41, 5.74) is 4.90. The Morgan fingerprint density at radius 3 is 2.40 bits per heavy atom. The van der Waals surface area contributed by atoms with Crippen LogP contribution in [0.1, 0.15) is 45.0 Å². The molecule has 0 aliphatic rings. The topological polar surface area (TPSA) is 95.6 Å². The number of aromatic nitrogens is 1. The van der Waals surface area contributed by atoms with E-state index in [2.05, 4.69) is 39.9 Å². The largest absolute Gasteiger partial charge is 0.443 e. The maximum atomic E-state index is 12.1. The van der Waals surface area contributed by atoms with Gasteiger partial charge in [-0.25, -0.2) is 15.2 Å². The molecule has 0 bridgehead atoms. The first-order valence-electron chi connectivity index (χ1n) is 8.46. The van der Waals surface area contributed by atoms with Gasteiger partial charge in [0.25, 0.3) is 5.91 Å². The maximum Gasteiger partial charge on any atom is 0.426 e. The second kappa shape index (κ2) is 9.83. The number of pyridine rings is 1. The fourth-order valence-corrected chi connectivity index (χ4v) is 1.99. The van der Waals surface area contributed by atoms with Gasteiger partial charge < -0.3 is 15.0 Å². The molecule has 0 unspecified atom stereocenters. The summed E-state index contributed by atoms with van der Waals surface area (Å²) in [6.45, 7) is 12.8. The van der Waals surface area contributed by atoms with Gasteiger partial charge in [-0.3, -0.25) is 10.2 Å². The zero-order chi connectivity index (χ0) is 18.9. The van der Waals surface area contributed by atoms with Crippen molar-refractivity contribution in [1.29, 1.82) is 0 Å². The van der Waals surface area contributed by atoms with Crippen molar-refractivity contribution in [3.8, 4) is 0 Å². The molecular weight excluding hydrogens is 322 g/mol. The second-order valence-corrected chi connectivity index (χ2v) is 6.47. The Labute approximate surface area is 149 Å². The van der Waals surface area contributed by atoms with Crippen LogP contribution in [0.2, 0.25) is 0 Å². The summed E-state index contributed by atoms with van der Waals surface area (Å²) in [4.78, 5) is 29.9. The molecule has 140 valence electrons. The number of anilines is 1. The zero-order valence-corrected chi connectivity index (χ0v) is 15.7. The third kappa shape index (κ3) is 8.35. The Hall–Kier alpha value is -2.35. The number of hydrogen-bond donors (Lipinski definition) is 3. The second-order valence-electron chi connectivity index (χ2n) is 6.47. The minimum atomic E-state index is -0.604. The van der Waals surface area contributed by atoms with Crippen LogP contribution in [-0.4, -0.2) is 53.7 Å². The van der Waals surface area contributed by atoms with Crippen LogP contribution in [-0.2, 0) is 4.74 Å². The summed E-state index contributed by atoms with van der Waals surface area (Å²) in [6.07, 6.45) is 0.846. The van der Waals surface area contributed by atoms with Gasteiger partial charge in [0.2, 0.25) is 0 Å². The lowest BCUT2D eigenvalue weighted by Gasteiger charge is -2.19. The normalized spacial score (nSPS) is 11.1. The van der Waals surface area contributed by atoms with E-state index in [1.165, 1.54) is 6.20 Å². The first kappa shape index (κ1) is 20.7. The SMILES string of the molecule is CCN(CC)CCNC(=O)c1ccc(NNC(=O)OC(C)(C)C)nc1. The highest BCUT2D eigenvalue weighted by atomic mass is 16.6. The monoisotopic (exact) mass is 351 g/mol. The van der Waals surface area contributed by atoms with Crippen LogP contribution < -0.4 is 16.2 Å². The van der Waals surface area contributed by atoms with Crippen molar-refractivity contribution in [2.45, 2.75) is 40.2 Å². The number of rotatable bonds is 8. The Balaban J connectivity index is 2.42. The highest BCUT2D eigenvalue weighted by Crippen LogP contribution is 2.07. The van der Waals surface area contributed by atoms with Crippen LogP contribution >= 0.6 is 0 Å². The van der Waals surface area contributed by atoms with Crippen molar-refractivity contribution in [1.82, 2.24) is 20.6 Å². The lowest BCUT2D eigenvalue weighted by Crippen LogP contribution is -2.36. The van der Waals surface area contributed by atoms with E-state index in [4.69, 9.17) is 4.74 Å². The Bertz CT molecular complexity index is 550. The predicted octanol–water partition coefficient (Wildman–Crippen LogP) is 2.00. The Morgan fingerprint density at radius 2 is 1.88 bits per heavy atom. The molecular formula is C17H29N5O3. The van der Waals surface area contributed by atoms with E-state index in [-0.39, 0.29) is 5.91 Å². The predicted molar refractivity (Wildman–Crippen MR) is 97.4 cm³/mol. The van der Waals surface area contributed by atoms with E-state index in [1.807, 2.05) is 0 Å². The highest BCUT2D eigenvalue weighted by molar-refractivity contribution is 5.94. The van der Waals surface area contributed by atoms with Gasteiger partial charge in [0, 0.05) is 19.3 Å². The van der Waals surface area contributed by atoms with Crippen LogP contribution in [0.3, 0.4) is 0 Å². The molecule has 2 amide bonds. The van der Waals surface area contributed by atoms with Crippen LogP contribution in [0.4, 0.5) is 10.6 Å².